The van der Waals surface area contributed by atoms with Gasteiger partial charge in [-0.1, -0.05) is 12.1 Å². The minimum Gasteiger partial charge on any atom is -0.504 e. The molecule has 3 heterocycles. The zero-order valence-electron chi connectivity index (χ0n) is 23.0. The Morgan fingerprint density at radius 2 is 2.05 bits per heavy atom. The van der Waals surface area contributed by atoms with Crippen LogP contribution in [0.2, 0.25) is 0 Å². The van der Waals surface area contributed by atoms with E-state index in [-0.39, 0.29) is 22.5 Å². The molecule has 5 fully saturated rings. The van der Waals surface area contributed by atoms with E-state index in [1.165, 1.54) is 35.4 Å². The maximum Gasteiger partial charge on any atom is 0.166 e. The summed E-state index contributed by atoms with van der Waals surface area (Å²) in [6, 6.07) is 8.73. The molecule has 7 atom stereocenters. The van der Waals surface area contributed by atoms with Crippen LogP contribution in [-0.2, 0) is 23.0 Å². The molecule has 0 amide bonds. The Bertz CT molecular complexity index is 1290. The third kappa shape index (κ3) is 2.65. The Morgan fingerprint density at radius 1 is 1.21 bits per heavy atom. The number of hydrogen-bond donors (Lipinski definition) is 2. The molecule has 4 bridgehead atoms. The topological polar surface area (TPSA) is 62.2 Å². The molecule has 204 valence electrons. The minimum atomic E-state index is -0.895. The molecular formula is C32H41NO4S. The number of phenolic OH excluding ortho intramolecular Hbond substituents is 1. The normalized spacial score (nSPS) is 42.0. The molecular weight excluding hydrogens is 494 g/mol. The maximum absolute atomic E-state index is 12.4. The summed E-state index contributed by atoms with van der Waals surface area (Å²) in [7, 11) is 1.85. The molecule has 5 aliphatic carbocycles. The molecule has 6 heteroatoms. The van der Waals surface area contributed by atoms with Gasteiger partial charge in [0.1, 0.15) is 11.2 Å². The lowest BCUT2D eigenvalue weighted by molar-refractivity contribution is -0.337. The van der Waals surface area contributed by atoms with Crippen molar-refractivity contribution in [3.63, 3.8) is 0 Å². The first-order valence-corrected chi connectivity index (χ1v) is 15.7. The monoisotopic (exact) mass is 535 g/mol. The van der Waals surface area contributed by atoms with Crippen molar-refractivity contribution in [1.82, 2.24) is 4.90 Å². The van der Waals surface area contributed by atoms with E-state index >= 15 is 0 Å². The number of likely N-dealkylation sites (tertiary alicyclic amines) is 1. The first kappa shape index (κ1) is 24.2. The van der Waals surface area contributed by atoms with Gasteiger partial charge in [-0.05, 0) is 107 Å². The predicted octanol–water partition coefficient (Wildman–Crippen LogP) is 5.45. The van der Waals surface area contributed by atoms with E-state index in [4.69, 9.17) is 9.47 Å². The molecule has 2 aromatic rings. The van der Waals surface area contributed by atoms with Gasteiger partial charge in [-0.2, -0.15) is 0 Å². The molecule has 1 aromatic heterocycles. The van der Waals surface area contributed by atoms with Crippen LogP contribution in [0.5, 0.6) is 11.5 Å². The van der Waals surface area contributed by atoms with Crippen molar-refractivity contribution < 1.29 is 19.7 Å². The number of thiophene rings is 1. The predicted molar refractivity (Wildman–Crippen MR) is 148 cm³/mol. The molecule has 2 aliphatic heterocycles. The van der Waals surface area contributed by atoms with Gasteiger partial charge in [0.05, 0.1) is 11.0 Å². The van der Waals surface area contributed by atoms with Crippen molar-refractivity contribution in [2.45, 2.75) is 99.9 Å². The molecule has 9 rings (SSSR count). The third-order valence-corrected chi connectivity index (χ3v) is 13.5. The second-order valence-corrected chi connectivity index (χ2v) is 14.9. The van der Waals surface area contributed by atoms with Gasteiger partial charge in [0.2, 0.25) is 0 Å². The summed E-state index contributed by atoms with van der Waals surface area (Å²) >= 11 is 1.77. The van der Waals surface area contributed by atoms with Crippen molar-refractivity contribution in [3.05, 3.63) is 45.6 Å². The SMILES string of the molecule is COC12CCC3(CC1C(C)(O)CCc1cccs1)[C@H]1Cc4ccc(O)c5c4[C@@]3(CCN1CC1CC1)[C@]2(C)O5. The number of aliphatic hydroxyl groups is 1. The van der Waals surface area contributed by atoms with E-state index in [9.17, 15) is 10.2 Å². The number of aryl methyl sites for hydroxylation is 1. The van der Waals surface area contributed by atoms with Crippen LogP contribution in [0.15, 0.2) is 29.6 Å². The molecule has 1 saturated heterocycles. The van der Waals surface area contributed by atoms with Gasteiger partial charge in [-0.15, -0.1) is 11.3 Å². The van der Waals surface area contributed by atoms with Crippen LogP contribution in [0.3, 0.4) is 0 Å². The van der Waals surface area contributed by atoms with Crippen LogP contribution < -0.4 is 4.74 Å². The van der Waals surface area contributed by atoms with Gasteiger partial charge in [0.25, 0.3) is 0 Å². The molecule has 7 aliphatic rings. The van der Waals surface area contributed by atoms with Crippen molar-refractivity contribution in [2.75, 3.05) is 20.2 Å². The van der Waals surface area contributed by atoms with Gasteiger partial charge in [-0.3, -0.25) is 4.90 Å². The van der Waals surface area contributed by atoms with Crippen LogP contribution in [0.25, 0.3) is 0 Å². The number of piperidine rings is 1. The van der Waals surface area contributed by atoms with Crippen LogP contribution >= 0.6 is 11.3 Å². The van der Waals surface area contributed by atoms with Crippen molar-refractivity contribution in [3.8, 4) is 11.5 Å². The van der Waals surface area contributed by atoms with Crippen LogP contribution in [0.4, 0.5) is 0 Å². The average molecular weight is 536 g/mol. The minimum absolute atomic E-state index is 0.00119. The van der Waals surface area contributed by atoms with E-state index in [0.29, 0.717) is 18.2 Å². The Labute approximate surface area is 230 Å². The first-order valence-electron chi connectivity index (χ1n) is 14.8. The summed E-state index contributed by atoms with van der Waals surface area (Å²) in [5, 5.41) is 25.6. The Morgan fingerprint density at radius 3 is 2.79 bits per heavy atom. The fraction of sp³-hybridized carbons (Fsp3) is 0.688. The highest BCUT2D eigenvalue weighted by Gasteiger charge is 2.86. The number of aromatic hydroxyl groups is 1. The van der Waals surface area contributed by atoms with E-state index in [1.807, 2.05) is 13.2 Å². The van der Waals surface area contributed by atoms with E-state index < -0.39 is 16.8 Å². The number of ether oxygens (including phenoxy) is 2. The average Bonchev–Trinajstić information content (AvgIpc) is 3.45. The quantitative estimate of drug-likeness (QED) is 0.494. The highest BCUT2D eigenvalue weighted by Crippen LogP contribution is 2.81. The fourth-order valence-electron chi connectivity index (χ4n) is 10.8. The Balaban J connectivity index is 1.31. The lowest BCUT2D eigenvalue weighted by atomic mass is 9.30. The third-order valence-electron chi connectivity index (χ3n) is 12.5. The molecule has 4 unspecified atom stereocenters. The molecule has 2 spiro atoms. The van der Waals surface area contributed by atoms with Crippen molar-refractivity contribution in [2.24, 2.45) is 17.3 Å². The number of hydrogen-bond acceptors (Lipinski definition) is 6. The molecule has 1 aromatic carbocycles. The number of benzene rings is 1. The van der Waals surface area contributed by atoms with E-state index in [1.54, 1.807) is 11.3 Å². The van der Waals surface area contributed by atoms with Gasteiger partial charge < -0.3 is 19.7 Å². The molecule has 0 radical (unpaired) electrons. The van der Waals surface area contributed by atoms with E-state index in [0.717, 1.165) is 51.0 Å². The first-order chi connectivity index (χ1) is 18.2. The van der Waals surface area contributed by atoms with Gasteiger partial charge >= 0.3 is 0 Å². The zero-order chi connectivity index (χ0) is 26.1. The van der Waals surface area contributed by atoms with Crippen molar-refractivity contribution >= 4 is 11.3 Å². The van der Waals surface area contributed by atoms with Crippen molar-refractivity contribution in [1.29, 1.82) is 0 Å². The number of fused-ring (bicyclic) bond motifs is 2. The number of phenols is 1. The van der Waals surface area contributed by atoms with Crippen LogP contribution in [-0.4, -0.2) is 58.2 Å². The zero-order valence-corrected chi connectivity index (χ0v) is 23.8. The van der Waals surface area contributed by atoms with Crippen LogP contribution in [0.1, 0.15) is 74.8 Å². The fourth-order valence-corrected chi connectivity index (χ4v) is 11.5. The number of nitrogens with zero attached hydrogens (tertiary/aromatic N) is 1. The Kier molecular flexibility index (Phi) is 4.82. The molecule has 4 saturated carbocycles. The number of rotatable bonds is 7. The Hall–Kier alpha value is -1.60. The molecule has 5 nitrogen and oxygen atoms in total. The molecule has 2 N–H and O–H groups in total. The summed E-state index contributed by atoms with van der Waals surface area (Å²) in [6.07, 6.45) is 9.30. The van der Waals surface area contributed by atoms with Gasteiger partial charge in [0.15, 0.2) is 11.5 Å². The maximum atomic E-state index is 12.4. The summed E-state index contributed by atoms with van der Waals surface area (Å²) in [5.41, 5.74) is 0.256. The lowest BCUT2D eigenvalue weighted by Crippen LogP contribution is -2.87. The second-order valence-electron chi connectivity index (χ2n) is 13.8. The summed E-state index contributed by atoms with van der Waals surface area (Å²) < 4.78 is 13.8. The smallest absolute Gasteiger partial charge is 0.166 e. The van der Waals surface area contributed by atoms with Gasteiger partial charge in [0, 0.05) is 41.5 Å². The highest BCUT2D eigenvalue weighted by atomic mass is 32.1. The lowest BCUT2D eigenvalue weighted by Gasteiger charge is -2.78. The standard InChI is InChI=1S/C32H41NO4S/c1-28(35,11-10-22-5-4-16-38-22)24-18-30-12-13-32(24,36-3)29(2)31(30)14-15-33(19-20-6-7-20)25(30)17-21-8-9-23(34)27(37-29)26(21)31/h4-5,8-9,16,20,24-25,34-35H,6-7,10-15,17-19H2,1-3H3/t24?,25-,28?,29+,30?,31+,32?/m1/s1. The summed E-state index contributed by atoms with van der Waals surface area (Å²) in [4.78, 5) is 4.16. The van der Waals surface area contributed by atoms with Crippen LogP contribution in [0, 0.1) is 17.3 Å². The summed E-state index contributed by atoms with van der Waals surface area (Å²) in [5.74, 6) is 1.76. The summed E-state index contributed by atoms with van der Waals surface area (Å²) in [6.45, 7) is 6.63. The van der Waals surface area contributed by atoms with Gasteiger partial charge in [-0.25, -0.2) is 0 Å². The van der Waals surface area contributed by atoms with E-state index in [2.05, 4.69) is 42.3 Å². The largest absolute Gasteiger partial charge is 0.504 e. The number of methoxy groups -OCH3 is 1. The molecule has 38 heavy (non-hydrogen) atoms. The highest BCUT2D eigenvalue weighted by molar-refractivity contribution is 7.09. The second kappa shape index (κ2) is 7.57.